The minimum absolute atomic E-state index is 0.0483. The highest BCUT2D eigenvalue weighted by molar-refractivity contribution is 5.77. The molecular weight excluding hydrogens is 182 g/mol. The summed E-state index contributed by atoms with van der Waals surface area (Å²) in [5.41, 5.74) is 0. The largest absolute Gasteiger partial charge is 0.459 e. The van der Waals surface area contributed by atoms with Crippen molar-refractivity contribution in [2.75, 3.05) is 0 Å². The Bertz CT molecular complexity index is 428. The Labute approximate surface area is 80.6 Å². The molecule has 0 atom stereocenters. The van der Waals surface area contributed by atoms with E-state index in [9.17, 15) is 4.79 Å². The van der Waals surface area contributed by atoms with Crippen LogP contribution in [0.3, 0.4) is 0 Å². The van der Waals surface area contributed by atoms with Gasteiger partial charge < -0.3 is 8.83 Å². The molecule has 0 aliphatic heterocycles. The predicted octanol–water partition coefficient (Wildman–Crippen LogP) is 2.07. The lowest BCUT2D eigenvalue weighted by Gasteiger charge is -1.89. The van der Waals surface area contributed by atoms with Crippen molar-refractivity contribution in [3.8, 4) is 11.7 Å². The molecule has 0 N–H and O–H groups in total. The molecule has 0 fully saturated rings. The molecule has 4 heteroatoms. The lowest BCUT2D eigenvalue weighted by atomic mass is 10.3. The lowest BCUT2D eigenvalue weighted by molar-refractivity contribution is -0.116. The topological polar surface area (TPSA) is 56.2 Å². The number of ketones is 1. The molecule has 0 spiro atoms. The van der Waals surface area contributed by atoms with Crippen LogP contribution in [0.2, 0.25) is 0 Å². The monoisotopic (exact) mass is 191 g/mol. The molecule has 0 bridgehead atoms. The molecule has 0 radical (unpaired) electrons. The summed E-state index contributed by atoms with van der Waals surface area (Å²) < 4.78 is 10.4. The summed E-state index contributed by atoms with van der Waals surface area (Å²) in [6.07, 6.45) is 3.36. The number of hydrogen-bond acceptors (Lipinski definition) is 4. The van der Waals surface area contributed by atoms with Gasteiger partial charge in [0.05, 0.1) is 18.9 Å². The smallest absolute Gasteiger partial charge is 0.262 e. The zero-order valence-electron chi connectivity index (χ0n) is 7.69. The second kappa shape index (κ2) is 3.49. The molecular formula is C10H9NO3. The SMILES string of the molecule is CC(=O)Cc1cnc(-c2ccco2)o1. The van der Waals surface area contributed by atoms with Crippen molar-refractivity contribution in [1.82, 2.24) is 4.98 Å². The van der Waals surface area contributed by atoms with Gasteiger partial charge in [0, 0.05) is 0 Å². The van der Waals surface area contributed by atoms with Crippen LogP contribution >= 0.6 is 0 Å². The maximum Gasteiger partial charge on any atom is 0.262 e. The molecule has 0 aromatic carbocycles. The Kier molecular flexibility index (Phi) is 2.18. The highest BCUT2D eigenvalue weighted by Crippen LogP contribution is 2.19. The Hall–Kier alpha value is -1.84. The number of rotatable bonds is 3. The molecule has 0 aliphatic carbocycles. The molecule has 2 heterocycles. The van der Waals surface area contributed by atoms with E-state index in [1.807, 2.05) is 0 Å². The molecule has 2 rings (SSSR count). The second-order valence-corrected chi connectivity index (χ2v) is 2.99. The van der Waals surface area contributed by atoms with Crippen molar-refractivity contribution >= 4 is 5.78 Å². The predicted molar refractivity (Wildman–Crippen MR) is 48.6 cm³/mol. The third-order valence-electron chi connectivity index (χ3n) is 1.71. The first kappa shape index (κ1) is 8.74. The van der Waals surface area contributed by atoms with Gasteiger partial charge in [-0.05, 0) is 19.1 Å². The van der Waals surface area contributed by atoms with Crippen molar-refractivity contribution in [3.63, 3.8) is 0 Å². The molecule has 0 amide bonds. The molecule has 72 valence electrons. The molecule has 4 nitrogen and oxygen atoms in total. The number of carbonyl (C=O) groups excluding carboxylic acids is 1. The number of carbonyl (C=O) groups is 1. The van der Waals surface area contributed by atoms with Gasteiger partial charge in [-0.3, -0.25) is 4.79 Å². The molecule has 0 aliphatic rings. The van der Waals surface area contributed by atoms with Crippen LogP contribution in [0.25, 0.3) is 11.7 Å². The van der Waals surface area contributed by atoms with Crippen molar-refractivity contribution < 1.29 is 13.6 Å². The van der Waals surface area contributed by atoms with Crippen molar-refractivity contribution in [2.24, 2.45) is 0 Å². The molecule has 0 saturated heterocycles. The number of oxazole rings is 1. The van der Waals surface area contributed by atoms with E-state index in [2.05, 4.69) is 4.98 Å². The lowest BCUT2D eigenvalue weighted by Crippen LogP contribution is -1.93. The van der Waals surface area contributed by atoms with E-state index in [1.54, 1.807) is 24.6 Å². The number of Topliss-reactive ketones (excluding diaryl/α,β-unsaturated/α-hetero) is 1. The molecule has 0 unspecified atom stereocenters. The zero-order chi connectivity index (χ0) is 9.97. The van der Waals surface area contributed by atoms with Crippen LogP contribution in [0.1, 0.15) is 12.7 Å². The van der Waals surface area contributed by atoms with Crippen molar-refractivity contribution in [3.05, 3.63) is 30.4 Å². The summed E-state index contributed by atoms with van der Waals surface area (Å²) in [5, 5.41) is 0. The summed E-state index contributed by atoms with van der Waals surface area (Å²) in [5.74, 6) is 1.59. The molecule has 14 heavy (non-hydrogen) atoms. The van der Waals surface area contributed by atoms with Gasteiger partial charge in [-0.25, -0.2) is 4.98 Å². The fourth-order valence-corrected chi connectivity index (χ4v) is 1.15. The van der Waals surface area contributed by atoms with E-state index in [0.717, 1.165) is 0 Å². The highest BCUT2D eigenvalue weighted by Gasteiger charge is 2.09. The average Bonchev–Trinajstić information content (AvgIpc) is 2.69. The van der Waals surface area contributed by atoms with Crippen LogP contribution < -0.4 is 0 Å². The normalized spacial score (nSPS) is 10.4. The quantitative estimate of drug-likeness (QED) is 0.745. The van der Waals surface area contributed by atoms with Crippen molar-refractivity contribution in [1.29, 1.82) is 0 Å². The van der Waals surface area contributed by atoms with Crippen LogP contribution in [-0.2, 0) is 11.2 Å². The Morgan fingerprint density at radius 3 is 3.07 bits per heavy atom. The first-order valence-electron chi connectivity index (χ1n) is 4.24. The Balaban J connectivity index is 2.22. The highest BCUT2D eigenvalue weighted by atomic mass is 16.4. The maximum absolute atomic E-state index is 10.8. The van der Waals surface area contributed by atoms with E-state index in [1.165, 1.54) is 6.92 Å². The van der Waals surface area contributed by atoms with E-state index in [-0.39, 0.29) is 12.2 Å². The van der Waals surface area contributed by atoms with Crippen LogP contribution in [0.15, 0.2) is 33.4 Å². The number of nitrogens with zero attached hydrogens (tertiary/aromatic N) is 1. The Morgan fingerprint density at radius 1 is 1.57 bits per heavy atom. The van der Waals surface area contributed by atoms with E-state index in [0.29, 0.717) is 17.4 Å². The third-order valence-corrected chi connectivity index (χ3v) is 1.71. The van der Waals surface area contributed by atoms with Crippen molar-refractivity contribution in [2.45, 2.75) is 13.3 Å². The number of hydrogen-bond donors (Lipinski definition) is 0. The zero-order valence-corrected chi connectivity index (χ0v) is 7.69. The number of furan rings is 1. The van der Waals surface area contributed by atoms with Gasteiger partial charge in [0.2, 0.25) is 0 Å². The minimum atomic E-state index is 0.0483. The second-order valence-electron chi connectivity index (χ2n) is 2.99. The standard InChI is InChI=1S/C10H9NO3/c1-7(12)5-8-6-11-10(14-8)9-3-2-4-13-9/h2-4,6H,5H2,1H3. The Morgan fingerprint density at radius 2 is 2.43 bits per heavy atom. The summed E-state index contributed by atoms with van der Waals surface area (Å²) >= 11 is 0. The molecule has 2 aromatic heterocycles. The summed E-state index contributed by atoms with van der Waals surface area (Å²) in [7, 11) is 0. The van der Waals surface area contributed by atoms with Gasteiger partial charge >= 0.3 is 0 Å². The average molecular weight is 191 g/mol. The van der Waals surface area contributed by atoms with E-state index < -0.39 is 0 Å². The van der Waals surface area contributed by atoms with Crippen LogP contribution in [0.4, 0.5) is 0 Å². The van der Waals surface area contributed by atoms with Crippen LogP contribution in [-0.4, -0.2) is 10.8 Å². The van der Waals surface area contributed by atoms with Gasteiger partial charge in [-0.2, -0.15) is 0 Å². The summed E-state index contributed by atoms with van der Waals surface area (Å²) in [6, 6.07) is 3.51. The van der Waals surface area contributed by atoms with Crippen LogP contribution in [0, 0.1) is 0 Å². The molecule has 0 saturated carbocycles. The maximum atomic E-state index is 10.8. The first-order chi connectivity index (χ1) is 6.75. The van der Waals surface area contributed by atoms with Gasteiger partial charge in [-0.15, -0.1) is 0 Å². The van der Waals surface area contributed by atoms with Crippen LogP contribution in [0.5, 0.6) is 0 Å². The fourth-order valence-electron chi connectivity index (χ4n) is 1.15. The van der Waals surface area contributed by atoms with Gasteiger partial charge in [0.1, 0.15) is 11.5 Å². The molecule has 2 aromatic rings. The van der Waals surface area contributed by atoms with Gasteiger partial charge in [-0.1, -0.05) is 0 Å². The summed E-state index contributed by atoms with van der Waals surface area (Å²) in [4.78, 5) is 14.8. The van der Waals surface area contributed by atoms with E-state index in [4.69, 9.17) is 8.83 Å². The number of aromatic nitrogens is 1. The summed E-state index contributed by atoms with van der Waals surface area (Å²) in [6.45, 7) is 1.51. The van der Waals surface area contributed by atoms with Gasteiger partial charge in [0.25, 0.3) is 5.89 Å². The van der Waals surface area contributed by atoms with Gasteiger partial charge in [0.15, 0.2) is 5.76 Å². The van der Waals surface area contributed by atoms with E-state index >= 15 is 0 Å². The minimum Gasteiger partial charge on any atom is -0.459 e. The first-order valence-corrected chi connectivity index (χ1v) is 4.24. The third kappa shape index (κ3) is 1.74. The fraction of sp³-hybridized carbons (Fsp3) is 0.200.